The standard InChI is InChI=1S/C16H38O8P2Si3/c1-15(2)16(17)20-12-29(11,23-27(7,8)13-21-25(3,4)18)24-28(9,10)14-22-26(5,6)19/h1,12-14H2,2-11H3. The molecule has 0 aromatic heterocycles. The van der Waals surface area contributed by atoms with Crippen LogP contribution in [0.1, 0.15) is 6.92 Å². The number of esters is 1. The minimum atomic E-state index is -3.02. The van der Waals surface area contributed by atoms with E-state index in [2.05, 4.69) is 6.58 Å². The van der Waals surface area contributed by atoms with E-state index in [1.807, 2.05) is 32.7 Å². The predicted molar refractivity (Wildman–Crippen MR) is 125 cm³/mol. The SMILES string of the molecule is C=C(C)C(=O)OC[Si](C)(O[Si](C)(C)COP(C)(C)=O)O[Si](C)(C)COP(C)(C)=O. The fourth-order valence-corrected chi connectivity index (χ4v) is 18.5. The molecule has 172 valence electrons. The summed E-state index contributed by atoms with van der Waals surface area (Å²) in [5.74, 6) is -0.513. The van der Waals surface area contributed by atoms with E-state index >= 15 is 0 Å². The molecule has 13 heteroatoms. The van der Waals surface area contributed by atoms with Crippen LogP contribution in [0, 0.1) is 0 Å². The van der Waals surface area contributed by atoms with Crippen LogP contribution in [0.2, 0.25) is 32.7 Å². The molecule has 0 aromatic rings. The maximum atomic E-state index is 11.9. The van der Waals surface area contributed by atoms with Gasteiger partial charge >= 0.3 is 14.5 Å². The molecule has 0 atom stereocenters. The Balaban J connectivity index is 5.47. The lowest BCUT2D eigenvalue weighted by Crippen LogP contribution is -2.59. The molecule has 0 aliphatic rings. The Morgan fingerprint density at radius 1 is 0.793 bits per heavy atom. The van der Waals surface area contributed by atoms with Gasteiger partial charge in [-0.3, -0.25) is 9.13 Å². The highest BCUT2D eigenvalue weighted by Crippen LogP contribution is 2.39. The molecule has 0 heterocycles. The van der Waals surface area contributed by atoms with Crippen molar-refractivity contribution in [1.29, 1.82) is 0 Å². The highest BCUT2D eigenvalue weighted by molar-refractivity contribution is 7.57. The molecule has 0 unspecified atom stereocenters. The van der Waals surface area contributed by atoms with Crippen molar-refractivity contribution < 1.29 is 35.9 Å². The van der Waals surface area contributed by atoms with Gasteiger partial charge in [0.2, 0.25) is 16.6 Å². The Kier molecular flexibility index (Phi) is 10.7. The monoisotopic (exact) mass is 504 g/mol. The lowest BCUT2D eigenvalue weighted by Gasteiger charge is -2.40. The van der Waals surface area contributed by atoms with Gasteiger partial charge in [-0.05, 0) is 39.7 Å². The molecule has 0 fully saturated rings. The van der Waals surface area contributed by atoms with E-state index in [1.54, 1.807) is 33.6 Å². The van der Waals surface area contributed by atoms with Gasteiger partial charge in [0.15, 0.2) is 14.7 Å². The first-order valence-corrected chi connectivity index (χ1v) is 23.1. The van der Waals surface area contributed by atoms with Crippen LogP contribution >= 0.6 is 14.7 Å². The molecule has 0 saturated carbocycles. The lowest BCUT2D eigenvalue weighted by molar-refractivity contribution is -0.137. The fourth-order valence-electron chi connectivity index (χ4n) is 2.25. The summed E-state index contributed by atoms with van der Waals surface area (Å²) in [7, 11) is -13.2. The number of hydrogen-bond acceptors (Lipinski definition) is 8. The van der Waals surface area contributed by atoms with Gasteiger partial charge in [-0.15, -0.1) is 0 Å². The van der Waals surface area contributed by atoms with Crippen molar-refractivity contribution >= 4 is 45.9 Å². The van der Waals surface area contributed by atoms with Gasteiger partial charge in [-0.1, -0.05) is 6.58 Å². The molecular formula is C16H38O8P2Si3. The fraction of sp³-hybridized carbons (Fsp3) is 0.812. The zero-order valence-electron chi connectivity index (χ0n) is 19.5. The molecule has 0 N–H and O–H groups in total. The Hall–Kier alpha value is 0.161. The van der Waals surface area contributed by atoms with E-state index in [0.717, 1.165) is 0 Å². The molecular weight excluding hydrogens is 466 g/mol. The van der Waals surface area contributed by atoms with Crippen LogP contribution in [0.5, 0.6) is 0 Å². The minimum absolute atomic E-state index is 0.0165. The van der Waals surface area contributed by atoms with E-state index in [9.17, 15) is 13.9 Å². The van der Waals surface area contributed by atoms with Crippen LogP contribution in [0.3, 0.4) is 0 Å². The van der Waals surface area contributed by atoms with Crippen LogP contribution in [-0.4, -0.2) is 76.5 Å². The topological polar surface area (TPSA) is 97.4 Å². The average molecular weight is 505 g/mol. The third-order valence-electron chi connectivity index (χ3n) is 3.24. The first kappa shape index (κ1) is 29.2. The Morgan fingerprint density at radius 2 is 1.14 bits per heavy atom. The Morgan fingerprint density at radius 3 is 1.41 bits per heavy atom. The van der Waals surface area contributed by atoms with Crippen LogP contribution in [-0.2, 0) is 35.9 Å². The van der Waals surface area contributed by atoms with Gasteiger partial charge in [0.1, 0.15) is 6.23 Å². The molecule has 0 amide bonds. The van der Waals surface area contributed by atoms with Gasteiger partial charge in [0.25, 0.3) is 0 Å². The zero-order valence-corrected chi connectivity index (χ0v) is 24.3. The van der Waals surface area contributed by atoms with Crippen molar-refractivity contribution in [3.05, 3.63) is 12.2 Å². The van der Waals surface area contributed by atoms with E-state index in [1.165, 1.54) is 0 Å². The third-order valence-corrected chi connectivity index (χ3v) is 15.5. The van der Waals surface area contributed by atoms with Crippen molar-refractivity contribution in [3.8, 4) is 0 Å². The normalized spacial score (nSPS) is 14.0. The molecule has 0 radical (unpaired) electrons. The molecule has 0 spiro atoms. The maximum absolute atomic E-state index is 11.9. The second-order valence-corrected chi connectivity index (χ2v) is 26.6. The quantitative estimate of drug-likeness (QED) is 0.158. The van der Waals surface area contributed by atoms with Crippen LogP contribution in [0.4, 0.5) is 0 Å². The smallest absolute Gasteiger partial charge is 0.353 e. The second kappa shape index (κ2) is 10.7. The largest absolute Gasteiger partial charge is 0.460 e. The van der Waals surface area contributed by atoms with E-state index in [4.69, 9.17) is 22.0 Å². The summed E-state index contributed by atoms with van der Waals surface area (Å²) in [5, 5.41) is 0. The van der Waals surface area contributed by atoms with Crippen molar-refractivity contribution in [2.45, 2.75) is 39.7 Å². The number of hydrogen-bond donors (Lipinski definition) is 0. The van der Waals surface area contributed by atoms with Crippen LogP contribution in [0.15, 0.2) is 12.2 Å². The number of ether oxygens (including phenoxy) is 1. The summed E-state index contributed by atoms with van der Waals surface area (Å²) in [6.07, 6.45) is 0.446. The summed E-state index contributed by atoms with van der Waals surface area (Å²) in [6, 6.07) is 0. The van der Waals surface area contributed by atoms with Gasteiger partial charge in [-0.2, -0.15) is 0 Å². The summed E-state index contributed by atoms with van der Waals surface area (Å²) in [5.41, 5.74) is 0.289. The van der Waals surface area contributed by atoms with Gasteiger partial charge < -0.3 is 22.0 Å². The van der Waals surface area contributed by atoms with Gasteiger partial charge in [0.05, 0.1) is 12.5 Å². The van der Waals surface area contributed by atoms with E-state index < -0.39 is 45.9 Å². The number of carbonyl (C=O) groups excluding carboxylic acids is 1. The maximum Gasteiger partial charge on any atom is 0.353 e. The second-order valence-electron chi connectivity index (χ2n) is 9.26. The average Bonchev–Trinajstić information content (AvgIpc) is 2.46. The Bertz CT molecular complexity index is 644. The van der Waals surface area contributed by atoms with E-state index in [0.29, 0.717) is 0 Å². The first-order valence-electron chi connectivity index (χ1n) is 9.27. The van der Waals surface area contributed by atoms with Crippen molar-refractivity contribution in [2.75, 3.05) is 45.3 Å². The predicted octanol–water partition coefficient (Wildman–Crippen LogP) is 4.35. The summed E-state index contributed by atoms with van der Waals surface area (Å²) >= 11 is 0. The molecule has 0 bridgehead atoms. The molecule has 0 aromatic carbocycles. The number of rotatable bonds is 13. The molecule has 8 nitrogen and oxygen atoms in total. The first-order chi connectivity index (χ1) is 12.7. The van der Waals surface area contributed by atoms with Crippen LogP contribution in [0.25, 0.3) is 0 Å². The van der Waals surface area contributed by atoms with Crippen LogP contribution < -0.4 is 0 Å². The molecule has 0 rings (SSSR count). The van der Waals surface area contributed by atoms with Gasteiger partial charge in [0, 0.05) is 32.2 Å². The molecule has 0 aliphatic heterocycles. The van der Waals surface area contributed by atoms with E-state index in [-0.39, 0.29) is 24.3 Å². The van der Waals surface area contributed by atoms with Gasteiger partial charge in [-0.25, -0.2) is 4.79 Å². The molecule has 29 heavy (non-hydrogen) atoms. The number of carbonyl (C=O) groups is 1. The zero-order chi connectivity index (χ0) is 23.3. The van der Waals surface area contributed by atoms with Crippen molar-refractivity contribution in [1.82, 2.24) is 0 Å². The third kappa shape index (κ3) is 14.7. The molecule has 0 aliphatic carbocycles. The Labute approximate surface area is 179 Å². The van der Waals surface area contributed by atoms with Crippen molar-refractivity contribution in [2.24, 2.45) is 0 Å². The summed E-state index contributed by atoms with van der Waals surface area (Å²) in [6.45, 7) is 21.0. The van der Waals surface area contributed by atoms with Crippen molar-refractivity contribution in [3.63, 3.8) is 0 Å². The summed E-state index contributed by atoms with van der Waals surface area (Å²) in [4.78, 5) is 11.9. The highest BCUT2D eigenvalue weighted by Gasteiger charge is 2.45. The molecule has 0 saturated heterocycles. The minimum Gasteiger partial charge on any atom is -0.460 e. The highest BCUT2D eigenvalue weighted by atomic mass is 31.2. The lowest BCUT2D eigenvalue weighted by atomic mass is 10.4. The summed E-state index contributed by atoms with van der Waals surface area (Å²) < 4.78 is 53.1.